The van der Waals surface area contributed by atoms with Crippen LogP contribution in [0.25, 0.3) is 0 Å². The molecule has 0 aromatic rings. The average molecular weight is 543 g/mol. The van der Waals surface area contributed by atoms with Crippen LogP contribution < -0.4 is 0 Å². The van der Waals surface area contributed by atoms with E-state index in [9.17, 15) is 18.9 Å². The first kappa shape index (κ1) is 26.0. The summed E-state index contributed by atoms with van der Waals surface area (Å²) < 4.78 is 65.6. The van der Waals surface area contributed by atoms with E-state index >= 15 is 8.78 Å². The number of esters is 1. The Morgan fingerprint density at radius 2 is 1.92 bits per heavy atom. The summed E-state index contributed by atoms with van der Waals surface area (Å²) in [4.78, 5) is 23.2. The molecule has 0 bridgehead atoms. The summed E-state index contributed by atoms with van der Waals surface area (Å²) in [7, 11) is -1.90. The number of carbonyl (C=O) groups excluding carboxylic acids is 2. The molecule has 206 valence electrons. The van der Waals surface area contributed by atoms with Crippen LogP contribution in [0.15, 0.2) is 11.6 Å². The van der Waals surface area contributed by atoms with Crippen LogP contribution in [0.5, 0.6) is 0 Å². The quantitative estimate of drug-likeness (QED) is 0.547. The summed E-state index contributed by atoms with van der Waals surface area (Å²) in [6, 6.07) is 0. The van der Waals surface area contributed by atoms with Gasteiger partial charge in [-0.3, -0.25) is 13.8 Å². The largest absolute Gasteiger partial charge is 0.465 e. The van der Waals surface area contributed by atoms with Crippen molar-refractivity contribution in [2.45, 2.75) is 107 Å². The van der Waals surface area contributed by atoms with Gasteiger partial charge in [0, 0.05) is 35.5 Å². The van der Waals surface area contributed by atoms with E-state index < -0.39 is 80.0 Å². The molecule has 0 radical (unpaired) electrons. The molecule has 0 aromatic heterocycles. The fraction of sp³-hybridized carbons (Fsp3) is 0.852. The van der Waals surface area contributed by atoms with Crippen LogP contribution >= 0.6 is 0 Å². The normalized spacial score (nSPS) is 53.7. The van der Waals surface area contributed by atoms with Crippen molar-refractivity contribution < 1.29 is 41.9 Å². The molecule has 3 saturated carbocycles. The van der Waals surface area contributed by atoms with Crippen molar-refractivity contribution in [2.75, 3.05) is 6.61 Å². The maximum atomic E-state index is 17.5. The first-order valence-corrected chi connectivity index (χ1v) is 14.7. The molecule has 6 rings (SSSR count). The zero-order valence-corrected chi connectivity index (χ0v) is 22.5. The molecule has 5 fully saturated rings. The molecular weight excluding hydrogens is 506 g/mol. The van der Waals surface area contributed by atoms with Crippen LogP contribution in [0.2, 0.25) is 0 Å². The van der Waals surface area contributed by atoms with Gasteiger partial charge in [0.05, 0.1) is 23.5 Å². The predicted octanol–water partition coefficient (Wildman–Crippen LogP) is 3.30. The molecule has 7 nitrogen and oxygen atoms in total. The molecule has 10 heteroatoms. The number of rotatable bonds is 3. The summed E-state index contributed by atoms with van der Waals surface area (Å²) >= 11 is 0. The summed E-state index contributed by atoms with van der Waals surface area (Å²) in [6.07, 6.45) is -2.61. The molecule has 4 aliphatic carbocycles. The van der Waals surface area contributed by atoms with Crippen molar-refractivity contribution in [3.63, 3.8) is 0 Å². The number of fused-ring (bicyclic) bond motifs is 7. The zero-order chi connectivity index (χ0) is 26.7. The van der Waals surface area contributed by atoms with Gasteiger partial charge in [-0.1, -0.05) is 27.7 Å². The summed E-state index contributed by atoms with van der Waals surface area (Å²) in [5, 5.41) is 10.7. The minimum atomic E-state index is -2.17. The molecule has 37 heavy (non-hydrogen) atoms. The number of ketones is 1. The number of carbonyl (C=O) groups is 2. The molecule has 2 heterocycles. The highest BCUT2D eigenvalue weighted by Crippen LogP contribution is 2.73. The number of hydrogen-bond acceptors (Lipinski definition) is 7. The Labute approximate surface area is 218 Å². The van der Waals surface area contributed by atoms with Crippen molar-refractivity contribution in [1.29, 1.82) is 0 Å². The van der Waals surface area contributed by atoms with Gasteiger partial charge in [-0.25, -0.2) is 8.78 Å². The molecule has 0 aromatic carbocycles. The maximum Gasteiger partial charge on any atom is 0.321 e. The SMILES string of the molecule is CC(C)[C@@H]1O[C@@H]2CC3C4C[C@H](F)C5=CC(=O)CC[C@]5(C)[C@@]4(F)[C@@H](O)C[C@]3(C)[C@]2(S(=O)C2CCOC2=O)O1. The van der Waals surface area contributed by atoms with Crippen molar-refractivity contribution in [3.05, 3.63) is 11.6 Å². The number of alkyl halides is 2. The van der Waals surface area contributed by atoms with E-state index in [2.05, 4.69) is 0 Å². The molecule has 1 N–H and O–H groups in total. The van der Waals surface area contributed by atoms with E-state index in [0.717, 1.165) is 0 Å². The van der Waals surface area contributed by atoms with Gasteiger partial charge in [-0.05, 0) is 43.3 Å². The highest BCUT2D eigenvalue weighted by molar-refractivity contribution is 7.87. The lowest BCUT2D eigenvalue weighted by Gasteiger charge is -2.64. The Bertz CT molecular complexity index is 1100. The van der Waals surface area contributed by atoms with E-state index in [-0.39, 0.29) is 62.4 Å². The third-order valence-corrected chi connectivity index (χ3v) is 13.0. The van der Waals surface area contributed by atoms with Gasteiger partial charge in [0.25, 0.3) is 0 Å². The first-order chi connectivity index (χ1) is 17.3. The minimum absolute atomic E-state index is 0.0675. The van der Waals surface area contributed by atoms with Gasteiger partial charge < -0.3 is 19.3 Å². The van der Waals surface area contributed by atoms with Crippen LogP contribution in [0.3, 0.4) is 0 Å². The van der Waals surface area contributed by atoms with Crippen LogP contribution in [0, 0.1) is 28.6 Å². The second kappa shape index (κ2) is 8.15. The standard InChI is InChI=1S/C27H36F2O7S/c1-13(2)23-35-21-11-15-16-10-18(28)17-9-14(30)5-7-24(17,3)26(16,29)20(31)12-25(15,4)27(21,36-23)37(33)19-6-8-34-22(19)32/h9,13,15-16,18-21,23,31H,5-8,10-12H2,1-4H3/t15?,16?,18-,19?,20-,21+,23+,24-,25-,26-,27-,37?/m0/s1. The molecule has 0 amide bonds. The first-order valence-electron chi connectivity index (χ1n) is 13.5. The zero-order valence-electron chi connectivity index (χ0n) is 21.7. The Kier molecular flexibility index (Phi) is 5.73. The van der Waals surface area contributed by atoms with E-state index in [1.165, 1.54) is 6.08 Å². The highest BCUT2D eigenvalue weighted by atomic mass is 32.2. The Hall–Kier alpha value is -1.23. The number of hydrogen-bond donors (Lipinski definition) is 1. The third-order valence-electron chi connectivity index (χ3n) is 10.7. The molecule has 2 aliphatic heterocycles. The van der Waals surface area contributed by atoms with E-state index in [4.69, 9.17) is 14.2 Å². The van der Waals surface area contributed by atoms with Gasteiger partial charge in [-0.15, -0.1) is 0 Å². The summed E-state index contributed by atoms with van der Waals surface area (Å²) in [5.74, 6) is -2.24. The lowest BCUT2D eigenvalue weighted by Crippen LogP contribution is -2.71. The van der Waals surface area contributed by atoms with Crippen LogP contribution in [0.4, 0.5) is 8.78 Å². The Morgan fingerprint density at radius 1 is 1.19 bits per heavy atom. The van der Waals surface area contributed by atoms with Gasteiger partial charge in [-0.2, -0.15) is 0 Å². The number of aliphatic hydroxyl groups is 1. The lowest BCUT2D eigenvalue weighted by atomic mass is 9.44. The molecular formula is C27H36F2O7S. The summed E-state index contributed by atoms with van der Waals surface area (Å²) in [5.41, 5.74) is -4.40. The number of halogens is 2. The lowest BCUT2D eigenvalue weighted by molar-refractivity contribution is -0.234. The number of cyclic esters (lactones) is 1. The Morgan fingerprint density at radius 3 is 2.57 bits per heavy atom. The molecule has 12 atom stereocenters. The van der Waals surface area contributed by atoms with Crippen molar-refractivity contribution in [1.82, 2.24) is 0 Å². The van der Waals surface area contributed by atoms with E-state index in [1.54, 1.807) is 6.92 Å². The topological polar surface area (TPSA) is 99.1 Å². The van der Waals surface area contributed by atoms with Crippen LogP contribution in [-0.2, 0) is 34.6 Å². The van der Waals surface area contributed by atoms with Crippen molar-refractivity contribution >= 4 is 22.6 Å². The molecule has 4 unspecified atom stereocenters. The molecule has 2 saturated heterocycles. The van der Waals surface area contributed by atoms with E-state index in [1.807, 2.05) is 20.8 Å². The maximum absolute atomic E-state index is 17.5. The number of aliphatic hydroxyl groups excluding tert-OH is 1. The monoisotopic (exact) mass is 542 g/mol. The fourth-order valence-corrected chi connectivity index (χ4v) is 11.1. The second-order valence-electron chi connectivity index (χ2n) is 12.7. The van der Waals surface area contributed by atoms with Crippen molar-refractivity contribution in [2.24, 2.45) is 28.6 Å². The van der Waals surface area contributed by atoms with Crippen LogP contribution in [0.1, 0.15) is 66.2 Å². The van der Waals surface area contributed by atoms with Gasteiger partial charge in [0.1, 0.15) is 23.2 Å². The number of allylic oxidation sites excluding steroid dienone is 1. The van der Waals surface area contributed by atoms with Gasteiger partial charge >= 0.3 is 5.97 Å². The second-order valence-corrected chi connectivity index (χ2v) is 14.5. The number of ether oxygens (including phenoxy) is 3. The minimum Gasteiger partial charge on any atom is -0.465 e. The van der Waals surface area contributed by atoms with E-state index in [0.29, 0.717) is 0 Å². The van der Waals surface area contributed by atoms with Crippen LogP contribution in [-0.4, -0.2) is 68.2 Å². The highest BCUT2D eigenvalue weighted by Gasteiger charge is 2.80. The molecule has 0 spiro atoms. The van der Waals surface area contributed by atoms with Gasteiger partial charge in [0.2, 0.25) is 0 Å². The smallest absolute Gasteiger partial charge is 0.321 e. The van der Waals surface area contributed by atoms with Crippen molar-refractivity contribution in [3.8, 4) is 0 Å². The predicted molar refractivity (Wildman–Crippen MR) is 129 cm³/mol. The fourth-order valence-electron chi connectivity index (χ4n) is 8.80. The molecule has 6 aliphatic rings. The Balaban J connectivity index is 1.47. The average Bonchev–Trinajstić information content (AvgIpc) is 3.50. The van der Waals surface area contributed by atoms with Gasteiger partial charge in [0.15, 0.2) is 17.0 Å². The summed E-state index contributed by atoms with van der Waals surface area (Å²) in [6.45, 7) is 7.48. The third kappa shape index (κ3) is 3.04.